The lowest BCUT2D eigenvalue weighted by atomic mass is 10.1. The molecule has 0 unspecified atom stereocenters. The summed E-state index contributed by atoms with van der Waals surface area (Å²) in [7, 11) is 0. The van der Waals surface area contributed by atoms with Gasteiger partial charge in [0.25, 0.3) is 0 Å². The number of carbonyl (C=O) groups is 2. The number of hydrogen-bond acceptors (Lipinski definition) is 2. The lowest BCUT2D eigenvalue weighted by Gasteiger charge is -2.29. The van der Waals surface area contributed by atoms with Crippen molar-refractivity contribution < 1.29 is 14.0 Å². The highest BCUT2D eigenvalue weighted by Crippen LogP contribution is 2.14. The Balaban J connectivity index is 2.16. The van der Waals surface area contributed by atoms with Gasteiger partial charge in [-0.1, -0.05) is 61.9 Å². The predicted octanol–water partition coefficient (Wildman–Crippen LogP) is 3.70. The molecule has 2 aromatic carbocycles. The van der Waals surface area contributed by atoms with Crippen LogP contribution in [0.3, 0.4) is 0 Å². The molecule has 2 rings (SSSR count). The van der Waals surface area contributed by atoms with Crippen LogP contribution >= 0.6 is 0 Å². The molecule has 0 aromatic heterocycles. The van der Waals surface area contributed by atoms with Crippen molar-refractivity contribution in [1.29, 1.82) is 0 Å². The minimum absolute atomic E-state index is 0.0773. The lowest BCUT2D eigenvalue weighted by molar-refractivity contribution is -0.140. The molecule has 0 saturated heterocycles. The van der Waals surface area contributed by atoms with Gasteiger partial charge in [0.15, 0.2) is 0 Å². The van der Waals surface area contributed by atoms with E-state index in [1.54, 1.807) is 25.1 Å². The SMILES string of the molecule is CCCCNC(=O)[C@@H](C)N(Cc1ccccc1)C(=O)Cc1ccccc1F. The van der Waals surface area contributed by atoms with Gasteiger partial charge in [0.1, 0.15) is 11.9 Å². The van der Waals surface area contributed by atoms with Crippen molar-refractivity contribution in [1.82, 2.24) is 10.2 Å². The maximum absolute atomic E-state index is 14.0. The number of nitrogens with zero attached hydrogens (tertiary/aromatic N) is 1. The van der Waals surface area contributed by atoms with Gasteiger partial charge in [-0.15, -0.1) is 0 Å². The summed E-state index contributed by atoms with van der Waals surface area (Å²) >= 11 is 0. The van der Waals surface area contributed by atoms with Gasteiger partial charge in [-0.2, -0.15) is 0 Å². The average Bonchev–Trinajstić information content (AvgIpc) is 2.68. The van der Waals surface area contributed by atoms with E-state index in [4.69, 9.17) is 0 Å². The molecule has 27 heavy (non-hydrogen) atoms. The highest BCUT2D eigenvalue weighted by molar-refractivity contribution is 5.88. The van der Waals surface area contributed by atoms with Crippen molar-refractivity contribution in [3.63, 3.8) is 0 Å². The first kappa shape index (κ1) is 20.6. The molecule has 0 heterocycles. The van der Waals surface area contributed by atoms with Crippen LogP contribution < -0.4 is 5.32 Å². The highest BCUT2D eigenvalue weighted by atomic mass is 19.1. The first-order valence-corrected chi connectivity index (χ1v) is 9.37. The van der Waals surface area contributed by atoms with E-state index in [-0.39, 0.29) is 18.2 Å². The molecular formula is C22H27FN2O2. The van der Waals surface area contributed by atoms with Crippen molar-refractivity contribution >= 4 is 11.8 Å². The molecule has 0 aliphatic carbocycles. The summed E-state index contributed by atoms with van der Waals surface area (Å²) < 4.78 is 14.0. The van der Waals surface area contributed by atoms with Crippen LogP contribution in [-0.2, 0) is 22.6 Å². The Morgan fingerprint density at radius 2 is 1.74 bits per heavy atom. The number of unbranched alkanes of at least 4 members (excludes halogenated alkanes) is 1. The van der Waals surface area contributed by atoms with Crippen LogP contribution in [0.15, 0.2) is 54.6 Å². The number of rotatable bonds is 9. The molecule has 0 aliphatic rings. The largest absolute Gasteiger partial charge is 0.354 e. The summed E-state index contributed by atoms with van der Waals surface area (Å²) in [5.41, 5.74) is 1.26. The summed E-state index contributed by atoms with van der Waals surface area (Å²) in [5, 5.41) is 2.87. The number of amides is 2. The zero-order valence-electron chi connectivity index (χ0n) is 16.0. The van der Waals surface area contributed by atoms with Gasteiger partial charge < -0.3 is 10.2 Å². The van der Waals surface area contributed by atoms with Crippen LogP contribution in [0.4, 0.5) is 4.39 Å². The van der Waals surface area contributed by atoms with Gasteiger partial charge in [0.2, 0.25) is 11.8 Å². The van der Waals surface area contributed by atoms with Crippen molar-refractivity contribution in [2.45, 2.75) is 45.7 Å². The monoisotopic (exact) mass is 370 g/mol. The van der Waals surface area contributed by atoms with E-state index in [0.29, 0.717) is 18.7 Å². The third-order valence-electron chi connectivity index (χ3n) is 4.49. The van der Waals surface area contributed by atoms with Gasteiger partial charge in [0.05, 0.1) is 6.42 Å². The standard InChI is InChI=1S/C22H27FN2O2/c1-3-4-14-24-22(27)17(2)25(16-18-10-6-5-7-11-18)21(26)15-19-12-8-9-13-20(19)23/h5-13,17H,3-4,14-16H2,1-2H3,(H,24,27)/t17-/m1/s1. The molecule has 1 N–H and O–H groups in total. The Hall–Kier alpha value is -2.69. The van der Waals surface area contributed by atoms with Gasteiger partial charge in [-0.05, 0) is 30.5 Å². The Labute approximate surface area is 160 Å². The van der Waals surface area contributed by atoms with Crippen LogP contribution in [0.25, 0.3) is 0 Å². The van der Waals surface area contributed by atoms with E-state index in [2.05, 4.69) is 12.2 Å². The second-order valence-electron chi connectivity index (χ2n) is 6.60. The summed E-state index contributed by atoms with van der Waals surface area (Å²) in [6.07, 6.45) is 1.79. The normalized spacial score (nSPS) is 11.7. The van der Waals surface area contributed by atoms with Gasteiger partial charge in [-0.25, -0.2) is 4.39 Å². The fourth-order valence-corrected chi connectivity index (χ4v) is 2.81. The molecule has 144 valence electrons. The van der Waals surface area contributed by atoms with E-state index < -0.39 is 11.9 Å². The second kappa shape index (κ2) is 10.5. The molecule has 0 spiro atoms. The molecule has 0 radical (unpaired) electrons. The van der Waals surface area contributed by atoms with Crippen molar-refractivity contribution in [3.05, 3.63) is 71.5 Å². The number of benzene rings is 2. The number of nitrogens with one attached hydrogen (secondary N) is 1. The van der Waals surface area contributed by atoms with E-state index >= 15 is 0 Å². The predicted molar refractivity (Wildman–Crippen MR) is 104 cm³/mol. The zero-order chi connectivity index (χ0) is 19.6. The molecule has 4 nitrogen and oxygen atoms in total. The summed E-state index contributed by atoms with van der Waals surface area (Å²) in [4.78, 5) is 26.9. The Kier molecular flexibility index (Phi) is 7.99. The summed E-state index contributed by atoms with van der Waals surface area (Å²) in [5.74, 6) is -0.881. The van der Waals surface area contributed by atoms with Crippen LogP contribution in [-0.4, -0.2) is 29.3 Å². The number of hydrogen-bond donors (Lipinski definition) is 1. The van der Waals surface area contributed by atoms with E-state index in [9.17, 15) is 14.0 Å². The highest BCUT2D eigenvalue weighted by Gasteiger charge is 2.26. The Bertz CT molecular complexity index is 749. The third kappa shape index (κ3) is 6.20. The van der Waals surface area contributed by atoms with Gasteiger partial charge in [0, 0.05) is 13.1 Å². The van der Waals surface area contributed by atoms with Crippen molar-refractivity contribution in [2.24, 2.45) is 0 Å². The van der Waals surface area contributed by atoms with E-state index in [0.717, 1.165) is 18.4 Å². The minimum atomic E-state index is -0.638. The topological polar surface area (TPSA) is 49.4 Å². The molecule has 0 bridgehead atoms. The van der Waals surface area contributed by atoms with Crippen LogP contribution in [0.1, 0.15) is 37.8 Å². The van der Waals surface area contributed by atoms with Gasteiger partial charge in [-0.3, -0.25) is 9.59 Å². The molecule has 0 saturated carbocycles. The minimum Gasteiger partial charge on any atom is -0.354 e. The molecular weight excluding hydrogens is 343 g/mol. The van der Waals surface area contributed by atoms with Crippen LogP contribution in [0.2, 0.25) is 0 Å². The quantitative estimate of drug-likeness (QED) is 0.684. The summed E-state index contributed by atoms with van der Waals surface area (Å²) in [6.45, 7) is 4.65. The third-order valence-corrected chi connectivity index (χ3v) is 4.49. The Morgan fingerprint density at radius 1 is 1.07 bits per heavy atom. The van der Waals surface area contributed by atoms with Crippen molar-refractivity contribution in [2.75, 3.05) is 6.54 Å². The smallest absolute Gasteiger partial charge is 0.242 e. The zero-order valence-corrected chi connectivity index (χ0v) is 16.0. The number of carbonyl (C=O) groups excluding carboxylic acids is 2. The molecule has 1 atom stereocenters. The molecule has 0 aliphatic heterocycles. The molecule has 0 fully saturated rings. The average molecular weight is 370 g/mol. The maximum Gasteiger partial charge on any atom is 0.242 e. The maximum atomic E-state index is 14.0. The van der Waals surface area contributed by atoms with Gasteiger partial charge >= 0.3 is 0 Å². The van der Waals surface area contributed by atoms with E-state index in [1.807, 2.05) is 30.3 Å². The lowest BCUT2D eigenvalue weighted by Crippen LogP contribution is -2.48. The van der Waals surface area contributed by atoms with Crippen LogP contribution in [0.5, 0.6) is 0 Å². The fourth-order valence-electron chi connectivity index (χ4n) is 2.81. The molecule has 5 heteroatoms. The molecule has 2 aromatic rings. The number of halogens is 1. The fraction of sp³-hybridized carbons (Fsp3) is 0.364. The van der Waals surface area contributed by atoms with E-state index in [1.165, 1.54) is 11.0 Å². The molecule has 2 amide bonds. The first-order chi connectivity index (χ1) is 13.0. The van der Waals surface area contributed by atoms with Crippen LogP contribution in [0, 0.1) is 5.82 Å². The Morgan fingerprint density at radius 3 is 2.41 bits per heavy atom. The summed E-state index contributed by atoms with van der Waals surface area (Å²) in [6, 6.07) is 15.1. The second-order valence-corrected chi connectivity index (χ2v) is 6.60. The van der Waals surface area contributed by atoms with Crippen molar-refractivity contribution in [3.8, 4) is 0 Å². The first-order valence-electron chi connectivity index (χ1n) is 9.37.